The molecule has 3 heteroatoms. The van der Waals surface area contributed by atoms with Crippen molar-refractivity contribution >= 4 is 6.03 Å². The van der Waals surface area contributed by atoms with Gasteiger partial charge in [-0.1, -0.05) is 0 Å². The van der Waals surface area contributed by atoms with Crippen LogP contribution in [0, 0.1) is 0 Å². The summed E-state index contributed by atoms with van der Waals surface area (Å²) in [5.41, 5.74) is -0.131. The van der Waals surface area contributed by atoms with Gasteiger partial charge in [-0.15, -0.1) is 0 Å². The summed E-state index contributed by atoms with van der Waals surface area (Å²) in [6, 6.07) is 0.482. The average molecular weight is 198 g/mol. The van der Waals surface area contributed by atoms with E-state index in [9.17, 15) is 4.79 Å². The maximum Gasteiger partial charge on any atom is 0.318 e. The molecule has 1 heterocycles. The fourth-order valence-electron chi connectivity index (χ4n) is 1.79. The molecule has 1 N–H and O–H groups in total. The van der Waals surface area contributed by atoms with Gasteiger partial charge in [0.15, 0.2) is 0 Å². The van der Waals surface area contributed by atoms with Gasteiger partial charge in [-0.05, 0) is 47.0 Å². The van der Waals surface area contributed by atoms with E-state index in [1.165, 1.54) is 6.42 Å². The highest BCUT2D eigenvalue weighted by Crippen LogP contribution is 2.16. The van der Waals surface area contributed by atoms with Crippen molar-refractivity contribution in [1.29, 1.82) is 0 Å². The Balaban J connectivity index is 2.50. The Labute approximate surface area is 86.9 Å². The summed E-state index contributed by atoms with van der Waals surface area (Å²) < 4.78 is 0. The van der Waals surface area contributed by atoms with Gasteiger partial charge in [0.2, 0.25) is 0 Å². The van der Waals surface area contributed by atoms with Gasteiger partial charge in [-0.25, -0.2) is 4.79 Å². The lowest BCUT2D eigenvalue weighted by molar-refractivity contribution is 0.151. The zero-order valence-electron chi connectivity index (χ0n) is 9.76. The van der Waals surface area contributed by atoms with E-state index < -0.39 is 0 Å². The number of amides is 2. The van der Waals surface area contributed by atoms with Crippen molar-refractivity contribution in [2.45, 2.75) is 58.5 Å². The Kier molecular flexibility index (Phi) is 3.40. The minimum Gasteiger partial charge on any atom is -0.333 e. The van der Waals surface area contributed by atoms with E-state index in [1.807, 2.05) is 25.7 Å². The summed E-state index contributed by atoms with van der Waals surface area (Å²) in [4.78, 5) is 13.8. The Morgan fingerprint density at radius 3 is 2.50 bits per heavy atom. The molecular formula is C11H22N2O. The normalized spacial score (nSPS) is 23.4. The predicted octanol–water partition coefficient (Wildman–Crippen LogP) is 2.37. The molecule has 0 aromatic rings. The summed E-state index contributed by atoms with van der Waals surface area (Å²) in [7, 11) is 0. The van der Waals surface area contributed by atoms with Crippen LogP contribution in [0.4, 0.5) is 4.79 Å². The van der Waals surface area contributed by atoms with E-state index in [0.717, 1.165) is 19.4 Å². The van der Waals surface area contributed by atoms with E-state index in [4.69, 9.17) is 0 Å². The molecule has 0 bridgehead atoms. The molecule has 1 aliphatic heterocycles. The highest BCUT2D eigenvalue weighted by atomic mass is 16.2. The zero-order chi connectivity index (χ0) is 10.8. The molecule has 0 aliphatic carbocycles. The van der Waals surface area contributed by atoms with Gasteiger partial charge in [0.05, 0.1) is 0 Å². The number of carbonyl (C=O) groups excluding carboxylic acids is 1. The van der Waals surface area contributed by atoms with Crippen molar-refractivity contribution in [1.82, 2.24) is 10.2 Å². The Bertz CT molecular complexity index is 208. The minimum absolute atomic E-state index is 0.0877. The van der Waals surface area contributed by atoms with Gasteiger partial charge >= 0.3 is 6.03 Å². The van der Waals surface area contributed by atoms with Crippen LogP contribution in [0.1, 0.15) is 47.0 Å². The highest BCUT2D eigenvalue weighted by molar-refractivity contribution is 5.75. The molecule has 0 aromatic carbocycles. The first-order chi connectivity index (χ1) is 6.40. The topological polar surface area (TPSA) is 32.3 Å². The van der Waals surface area contributed by atoms with Crippen molar-refractivity contribution in [3.8, 4) is 0 Å². The molecule has 1 saturated heterocycles. The Hall–Kier alpha value is -0.730. The van der Waals surface area contributed by atoms with Gasteiger partial charge in [0.25, 0.3) is 0 Å². The first kappa shape index (κ1) is 11.3. The van der Waals surface area contributed by atoms with Crippen molar-refractivity contribution in [2.24, 2.45) is 0 Å². The number of urea groups is 1. The number of hydrogen-bond donors (Lipinski definition) is 1. The number of hydrogen-bond acceptors (Lipinski definition) is 1. The summed E-state index contributed by atoms with van der Waals surface area (Å²) in [5, 5.41) is 3.01. The van der Waals surface area contributed by atoms with Crippen LogP contribution < -0.4 is 5.32 Å². The Morgan fingerprint density at radius 1 is 1.36 bits per heavy atom. The number of likely N-dealkylation sites (tertiary alicyclic amines) is 1. The molecule has 0 spiro atoms. The first-order valence-electron chi connectivity index (χ1n) is 5.49. The van der Waals surface area contributed by atoms with E-state index in [1.54, 1.807) is 0 Å². The lowest BCUT2D eigenvalue weighted by Crippen LogP contribution is -2.52. The fraction of sp³-hybridized carbons (Fsp3) is 0.909. The van der Waals surface area contributed by atoms with Crippen molar-refractivity contribution in [3.05, 3.63) is 0 Å². The first-order valence-corrected chi connectivity index (χ1v) is 5.49. The van der Waals surface area contributed by atoms with Gasteiger partial charge < -0.3 is 10.2 Å². The standard InChI is InChI=1S/C11H22N2O/c1-9-7-5-6-8-13(9)10(14)12-11(2,3)4/h9H,5-8H2,1-4H3,(H,12,14). The van der Waals surface area contributed by atoms with Crippen LogP contribution >= 0.6 is 0 Å². The number of rotatable bonds is 0. The number of nitrogens with one attached hydrogen (secondary N) is 1. The number of nitrogens with zero attached hydrogens (tertiary/aromatic N) is 1. The molecular weight excluding hydrogens is 176 g/mol. The number of carbonyl (C=O) groups is 1. The number of piperidine rings is 1. The fourth-order valence-corrected chi connectivity index (χ4v) is 1.79. The molecule has 0 aromatic heterocycles. The van der Waals surface area contributed by atoms with E-state index in [0.29, 0.717) is 6.04 Å². The lowest BCUT2D eigenvalue weighted by atomic mass is 10.0. The van der Waals surface area contributed by atoms with E-state index in [-0.39, 0.29) is 11.6 Å². The molecule has 0 radical (unpaired) electrons. The molecule has 3 nitrogen and oxygen atoms in total. The molecule has 1 aliphatic rings. The summed E-state index contributed by atoms with van der Waals surface area (Å²) >= 11 is 0. The van der Waals surface area contributed by atoms with Crippen LogP contribution in [0.15, 0.2) is 0 Å². The van der Waals surface area contributed by atoms with Crippen LogP contribution in [-0.4, -0.2) is 29.1 Å². The molecule has 1 unspecified atom stereocenters. The third-order valence-corrected chi connectivity index (χ3v) is 2.55. The third kappa shape index (κ3) is 3.20. The van der Waals surface area contributed by atoms with Crippen LogP contribution in [0.25, 0.3) is 0 Å². The predicted molar refractivity (Wildman–Crippen MR) is 58.3 cm³/mol. The van der Waals surface area contributed by atoms with Gasteiger partial charge in [-0.2, -0.15) is 0 Å². The maximum absolute atomic E-state index is 11.8. The molecule has 82 valence electrons. The second-order valence-corrected chi connectivity index (χ2v) is 5.22. The van der Waals surface area contributed by atoms with E-state index in [2.05, 4.69) is 12.2 Å². The molecule has 1 fully saturated rings. The van der Waals surface area contributed by atoms with E-state index >= 15 is 0 Å². The smallest absolute Gasteiger partial charge is 0.318 e. The van der Waals surface area contributed by atoms with Crippen LogP contribution in [0.3, 0.4) is 0 Å². The zero-order valence-corrected chi connectivity index (χ0v) is 9.76. The Morgan fingerprint density at radius 2 is 2.00 bits per heavy atom. The van der Waals surface area contributed by atoms with Crippen molar-refractivity contribution in [2.75, 3.05) is 6.54 Å². The monoisotopic (exact) mass is 198 g/mol. The van der Waals surface area contributed by atoms with Crippen molar-refractivity contribution < 1.29 is 4.79 Å². The maximum atomic E-state index is 11.8. The summed E-state index contributed by atoms with van der Waals surface area (Å²) in [5.74, 6) is 0. The van der Waals surface area contributed by atoms with Crippen LogP contribution in [0.2, 0.25) is 0 Å². The largest absolute Gasteiger partial charge is 0.333 e. The second-order valence-electron chi connectivity index (χ2n) is 5.22. The molecule has 1 atom stereocenters. The third-order valence-electron chi connectivity index (χ3n) is 2.55. The van der Waals surface area contributed by atoms with Crippen molar-refractivity contribution in [3.63, 3.8) is 0 Å². The molecule has 0 saturated carbocycles. The highest BCUT2D eigenvalue weighted by Gasteiger charge is 2.25. The minimum atomic E-state index is -0.131. The SMILES string of the molecule is CC1CCCCN1C(=O)NC(C)(C)C. The molecule has 14 heavy (non-hydrogen) atoms. The van der Waals surface area contributed by atoms with Gasteiger partial charge in [0, 0.05) is 18.1 Å². The van der Waals surface area contributed by atoms with Crippen LogP contribution in [0.5, 0.6) is 0 Å². The molecule has 1 rings (SSSR count). The summed E-state index contributed by atoms with van der Waals surface area (Å²) in [6.07, 6.45) is 3.53. The van der Waals surface area contributed by atoms with Crippen LogP contribution in [-0.2, 0) is 0 Å². The molecule has 2 amide bonds. The lowest BCUT2D eigenvalue weighted by Gasteiger charge is -2.35. The average Bonchev–Trinajstić information content (AvgIpc) is 2.01. The second kappa shape index (κ2) is 4.20. The summed E-state index contributed by atoms with van der Waals surface area (Å²) in [6.45, 7) is 9.07. The van der Waals surface area contributed by atoms with Gasteiger partial charge in [-0.3, -0.25) is 0 Å². The van der Waals surface area contributed by atoms with Gasteiger partial charge in [0.1, 0.15) is 0 Å². The quantitative estimate of drug-likeness (QED) is 0.636.